The Morgan fingerprint density at radius 2 is 0.774 bits per heavy atom. The van der Waals surface area contributed by atoms with Crippen molar-refractivity contribution >= 4 is 65.0 Å². The van der Waals surface area contributed by atoms with Crippen LogP contribution in [0.1, 0.15) is 0 Å². The van der Waals surface area contributed by atoms with Crippen LogP contribution in [0.5, 0.6) is 0 Å². The van der Waals surface area contributed by atoms with Crippen molar-refractivity contribution in [2.75, 3.05) is 0 Å². The van der Waals surface area contributed by atoms with Gasteiger partial charge in [0.15, 0.2) is 17.5 Å². The topological polar surface area (TPSA) is 51.8 Å². The highest BCUT2D eigenvalue weighted by Crippen LogP contribution is 2.36. The average Bonchev–Trinajstić information content (AvgIpc) is 3.61. The largest absolute Gasteiger partial charge is 0.456 e. The van der Waals surface area contributed by atoms with Gasteiger partial charge in [-0.25, -0.2) is 15.0 Å². The molecular weight excluding hydrogens is 647 g/mol. The number of hydrogen-bond acceptors (Lipinski definition) is 4. The van der Waals surface area contributed by atoms with Gasteiger partial charge in [-0.15, -0.1) is 0 Å². The molecule has 0 saturated heterocycles. The van der Waals surface area contributed by atoms with E-state index < -0.39 is 0 Å². The minimum Gasteiger partial charge on any atom is -0.456 e. The second-order valence-corrected chi connectivity index (χ2v) is 13.6. The summed E-state index contributed by atoms with van der Waals surface area (Å²) in [5, 5.41) is 11.9. The third kappa shape index (κ3) is 4.88. The Morgan fingerprint density at radius 3 is 1.57 bits per heavy atom. The lowest BCUT2D eigenvalue weighted by atomic mass is 9.96. The molecule has 11 rings (SSSR count). The fourth-order valence-corrected chi connectivity index (χ4v) is 7.86. The van der Waals surface area contributed by atoms with Crippen LogP contribution in [-0.4, -0.2) is 15.0 Å². The molecule has 9 aromatic carbocycles. The van der Waals surface area contributed by atoms with Gasteiger partial charge in [-0.3, -0.25) is 0 Å². The number of hydrogen-bond donors (Lipinski definition) is 0. The average molecular weight is 676 g/mol. The molecule has 0 bridgehead atoms. The maximum absolute atomic E-state index is 6.28. The first kappa shape index (κ1) is 29.5. The van der Waals surface area contributed by atoms with E-state index in [4.69, 9.17) is 19.4 Å². The van der Waals surface area contributed by atoms with E-state index in [0.29, 0.717) is 17.5 Å². The van der Waals surface area contributed by atoms with Gasteiger partial charge >= 0.3 is 0 Å². The Hall–Kier alpha value is -7.17. The van der Waals surface area contributed by atoms with Crippen LogP contribution in [0.25, 0.3) is 110 Å². The second kappa shape index (κ2) is 11.7. The normalized spacial score (nSPS) is 11.8. The van der Waals surface area contributed by atoms with Crippen LogP contribution in [0.4, 0.5) is 0 Å². The van der Waals surface area contributed by atoms with Gasteiger partial charge in [-0.1, -0.05) is 152 Å². The summed E-state index contributed by atoms with van der Waals surface area (Å²) < 4.78 is 6.28. The molecule has 53 heavy (non-hydrogen) atoms. The van der Waals surface area contributed by atoms with Gasteiger partial charge < -0.3 is 4.42 Å². The number of aromatic nitrogens is 3. The number of benzene rings is 9. The lowest BCUT2D eigenvalue weighted by Crippen LogP contribution is -2.00. The Balaban J connectivity index is 1.09. The first-order valence-corrected chi connectivity index (χ1v) is 17.8. The molecule has 2 aromatic heterocycles. The third-order valence-corrected chi connectivity index (χ3v) is 10.5. The summed E-state index contributed by atoms with van der Waals surface area (Å²) in [6.07, 6.45) is 0. The summed E-state index contributed by atoms with van der Waals surface area (Å²) in [6, 6.07) is 61.8. The summed E-state index contributed by atoms with van der Waals surface area (Å²) >= 11 is 0. The molecule has 0 atom stereocenters. The molecule has 4 heteroatoms. The molecule has 0 fully saturated rings. The van der Waals surface area contributed by atoms with Gasteiger partial charge in [0.25, 0.3) is 0 Å². The molecule has 0 radical (unpaired) electrons. The van der Waals surface area contributed by atoms with E-state index >= 15 is 0 Å². The lowest BCUT2D eigenvalue weighted by molar-refractivity contribution is 0.669. The molecular formula is C49H29N3O. The summed E-state index contributed by atoms with van der Waals surface area (Å²) in [7, 11) is 0. The molecule has 0 saturated carbocycles. The standard InChI is InChI=1S/C49H29N3O/c1-3-11-37-30(8-1)10-7-14-38(37)32-16-19-34(20-17-32)47-50-48(52-49(51-47)36-24-27-43-42-13-5-6-15-45(42)53-46(43)29-36)35-21-18-33-23-25-40-39-12-4-2-9-31(39)22-26-41(40)44(33)28-35/h1-29H. The van der Waals surface area contributed by atoms with Crippen molar-refractivity contribution in [2.24, 2.45) is 0 Å². The molecule has 0 aliphatic heterocycles. The molecule has 0 aliphatic carbocycles. The number of fused-ring (bicyclic) bond motifs is 9. The molecule has 11 aromatic rings. The van der Waals surface area contributed by atoms with Crippen molar-refractivity contribution in [1.29, 1.82) is 0 Å². The van der Waals surface area contributed by atoms with Crippen LogP contribution in [-0.2, 0) is 0 Å². The fourth-order valence-electron chi connectivity index (χ4n) is 7.86. The smallest absolute Gasteiger partial charge is 0.164 e. The highest BCUT2D eigenvalue weighted by Gasteiger charge is 2.16. The van der Waals surface area contributed by atoms with E-state index in [1.54, 1.807) is 0 Å². The van der Waals surface area contributed by atoms with Gasteiger partial charge in [0, 0.05) is 27.5 Å². The van der Waals surface area contributed by atoms with Crippen molar-refractivity contribution < 1.29 is 4.42 Å². The summed E-state index contributed by atoms with van der Waals surface area (Å²) in [5.74, 6) is 1.82. The van der Waals surface area contributed by atoms with Crippen LogP contribution in [0.2, 0.25) is 0 Å². The zero-order valence-electron chi connectivity index (χ0n) is 28.5. The Labute approximate surface area is 304 Å². The van der Waals surface area contributed by atoms with Crippen molar-refractivity contribution in [3.05, 3.63) is 176 Å². The summed E-state index contributed by atoms with van der Waals surface area (Å²) in [6.45, 7) is 0. The van der Waals surface area contributed by atoms with Gasteiger partial charge in [0.1, 0.15) is 11.2 Å². The first-order chi connectivity index (χ1) is 26.2. The molecule has 0 unspecified atom stereocenters. The summed E-state index contributed by atoms with van der Waals surface area (Å²) in [4.78, 5) is 15.4. The van der Waals surface area contributed by atoms with E-state index in [9.17, 15) is 0 Å². The number of para-hydroxylation sites is 1. The molecule has 4 nitrogen and oxygen atoms in total. The van der Waals surface area contributed by atoms with Crippen molar-refractivity contribution in [3.8, 4) is 45.3 Å². The third-order valence-electron chi connectivity index (χ3n) is 10.5. The molecule has 0 N–H and O–H groups in total. The highest BCUT2D eigenvalue weighted by atomic mass is 16.3. The minimum absolute atomic E-state index is 0.592. The maximum Gasteiger partial charge on any atom is 0.164 e. The molecule has 0 amide bonds. The van der Waals surface area contributed by atoms with Crippen LogP contribution in [0.3, 0.4) is 0 Å². The van der Waals surface area contributed by atoms with Gasteiger partial charge in [0.05, 0.1) is 0 Å². The van der Waals surface area contributed by atoms with E-state index in [2.05, 4.69) is 152 Å². The minimum atomic E-state index is 0.592. The molecule has 0 spiro atoms. The van der Waals surface area contributed by atoms with Crippen LogP contribution in [0, 0.1) is 0 Å². The van der Waals surface area contributed by atoms with E-state index in [0.717, 1.165) is 49.6 Å². The van der Waals surface area contributed by atoms with Crippen molar-refractivity contribution in [3.63, 3.8) is 0 Å². The first-order valence-electron chi connectivity index (χ1n) is 17.8. The predicted molar refractivity (Wildman–Crippen MR) is 219 cm³/mol. The Bertz CT molecular complexity index is 3230. The quantitative estimate of drug-likeness (QED) is 0.174. The van der Waals surface area contributed by atoms with E-state index in [-0.39, 0.29) is 0 Å². The Morgan fingerprint density at radius 1 is 0.283 bits per heavy atom. The van der Waals surface area contributed by atoms with Crippen LogP contribution >= 0.6 is 0 Å². The fraction of sp³-hybridized carbons (Fsp3) is 0. The van der Waals surface area contributed by atoms with E-state index in [1.807, 2.05) is 24.3 Å². The van der Waals surface area contributed by atoms with Crippen LogP contribution in [0.15, 0.2) is 180 Å². The molecule has 0 aliphatic rings. The van der Waals surface area contributed by atoms with Gasteiger partial charge in [-0.05, 0) is 78.5 Å². The number of nitrogens with zero attached hydrogens (tertiary/aromatic N) is 3. The van der Waals surface area contributed by atoms with Crippen molar-refractivity contribution in [2.45, 2.75) is 0 Å². The molecule has 246 valence electrons. The monoisotopic (exact) mass is 675 g/mol. The van der Waals surface area contributed by atoms with Gasteiger partial charge in [0.2, 0.25) is 0 Å². The Kier molecular flexibility index (Phi) is 6.52. The zero-order valence-corrected chi connectivity index (χ0v) is 28.5. The zero-order chi connectivity index (χ0) is 34.9. The van der Waals surface area contributed by atoms with Crippen LogP contribution < -0.4 is 0 Å². The van der Waals surface area contributed by atoms with Gasteiger partial charge in [-0.2, -0.15) is 0 Å². The molecule has 2 heterocycles. The summed E-state index contributed by atoms with van der Waals surface area (Å²) in [5.41, 5.74) is 6.72. The number of rotatable bonds is 4. The predicted octanol–water partition coefficient (Wildman–Crippen LogP) is 13.1. The second-order valence-electron chi connectivity index (χ2n) is 13.6. The highest BCUT2D eigenvalue weighted by molar-refractivity contribution is 6.17. The SMILES string of the molecule is c1ccc2c(-c3ccc(-c4nc(-c5ccc6c(c5)oc5ccccc56)nc(-c5ccc6ccc7c8ccccc8ccc7c6c5)n4)cc3)cccc2c1. The van der Waals surface area contributed by atoms with Crippen molar-refractivity contribution in [1.82, 2.24) is 15.0 Å². The van der Waals surface area contributed by atoms with E-state index in [1.165, 1.54) is 43.3 Å². The maximum atomic E-state index is 6.28. The number of furan rings is 1. The lowest BCUT2D eigenvalue weighted by Gasteiger charge is -2.12.